The van der Waals surface area contributed by atoms with E-state index < -0.39 is 0 Å². The third-order valence-corrected chi connectivity index (χ3v) is 5.57. The van der Waals surface area contributed by atoms with Gasteiger partial charge in [0.2, 0.25) is 0 Å². The van der Waals surface area contributed by atoms with Gasteiger partial charge in [0.15, 0.2) is 0 Å². The van der Waals surface area contributed by atoms with Gasteiger partial charge in [-0.1, -0.05) is 29.5 Å². The van der Waals surface area contributed by atoms with Crippen molar-refractivity contribution in [2.75, 3.05) is 19.7 Å². The van der Waals surface area contributed by atoms with E-state index in [1.54, 1.807) is 0 Å². The monoisotopic (exact) mass is 326 g/mol. The van der Waals surface area contributed by atoms with E-state index in [-0.39, 0.29) is 6.61 Å². The maximum atomic E-state index is 8.92. The maximum absolute atomic E-state index is 8.92. The van der Waals surface area contributed by atoms with Gasteiger partial charge in [-0.25, -0.2) is 4.68 Å². The summed E-state index contributed by atoms with van der Waals surface area (Å²) >= 11 is 0. The van der Waals surface area contributed by atoms with Gasteiger partial charge in [-0.05, 0) is 49.7 Å². The normalized spacial score (nSPS) is 19.7. The summed E-state index contributed by atoms with van der Waals surface area (Å²) in [5, 5.41) is 17.5. The minimum Gasteiger partial charge on any atom is -0.396 e. The molecule has 1 fully saturated rings. The van der Waals surface area contributed by atoms with E-state index in [1.807, 2.05) is 4.68 Å². The van der Waals surface area contributed by atoms with Crippen LogP contribution in [0.5, 0.6) is 0 Å². The summed E-state index contributed by atoms with van der Waals surface area (Å²) in [6, 6.07) is 10.0. The van der Waals surface area contributed by atoms with Crippen LogP contribution in [-0.2, 0) is 19.3 Å². The average molecular weight is 326 g/mol. The highest BCUT2D eigenvalue weighted by molar-refractivity contribution is 5.33. The van der Waals surface area contributed by atoms with Crippen LogP contribution in [0.2, 0.25) is 0 Å². The van der Waals surface area contributed by atoms with Crippen molar-refractivity contribution in [3.8, 4) is 0 Å². The number of hydrogen-bond donors (Lipinski definition) is 1. The number of aliphatic hydroxyl groups excluding tert-OH is 1. The molecule has 0 unspecified atom stereocenters. The van der Waals surface area contributed by atoms with E-state index in [0.717, 1.165) is 44.5 Å². The Morgan fingerprint density at radius 1 is 1.04 bits per heavy atom. The fraction of sp³-hybridized carbons (Fsp3) is 0.579. The van der Waals surface area contributed by atoms with Crippen molar-refractivity contribution in [1.82, 2.24) is 19.9 Å². The lowest BCUT2D eigenvalue weighted by atomic mass is 10.0. The minimum atomic E-state index is 0.217. The number of aromatic nitrogens is 3. The van der Waals surface area contributed by atoms with E-state index in [0.29, 0.717) is 12.1 Å². The Morgan fingerprint density at radius 3 is 2.42 bits per heavy atom. The third-order valence-electron chi connectivity index (χ3n) is 5.57. The van der Waals surface area contributed by atoms with Crippen LogP contribution in [0.25, 0.3) is 0 Å². The lowest BCUT2D eigenvalue weighted by Crippen LogP contribution is -2.42. The number of piperidine rings is 1. The molecule has 2 aliphatic rings. The molecule has 1 aromatic heterocycles. The highest BCUT2D eigenvalue weighted by Crippen LogP contribution is 2.29. The summed E-state index contributed by atoms with van der Waals surface area (Å²) in [7, 11) is 0. The first-order valence-electron chi connectivity index (χ1n) is 9.16. The van der Waals surface area contributed by atoms with Crippen LogP contribution >= 0.6 is 0 Å². The molecule has 1 aliphatic carbocycles. The average Bonchev–Trinajstić information content (AvgIpc) is 3.27. The second-order valence-electron chi connectivity index (χ2n) is 7.11. The zero-order valence-corrected chi connectivity index (χ0v) is 14.1. The van der Waals surface area contributed by atoms with E-state index in [9.17, 15) is 0 Å². The van der Waals surface area contributed by atoms with Gasteiger partial charge in [0.05, 0.1) is 11.7 Å². The van der Waals surface area contributed by atoms with Gasteiger partial charge in [0.25, 0.3) is 0 Å². The predicted molar refractivity (Wildman–Crippen MR) is 92.9 cm³/mol. The summed E-state index contributed by atoms with van der Waals surface area (Å²) < 4.78 is 2.05. The third kappa shape index (κ3) is 3.23. The largest absolute Gasteiger partial charge is 0.396 e. The van der Waals surface area contributed by atoms with Gasteiger partial charge >= 0.3 is 0 Å². The lowest BCUT2D eigenvalue weighted by molar-refractivity contribution is 0.133. The summed E-state index contributed by atoms with van der Waals surface area (Å²) in [5.74, 6) is 0. The molecule has 1 aliphatic heterocycles. The molecule has 0 amide bonds. The van der Waals surface area contributed by atoms with Gasteiger partial charge in [-0.3, -0.25) is 4.90 Å². The first-order chi connectivity index (χ1) is 11.8. The predicted octanol–water partition coefficient (Wildman–Crippen LogP) is 2.01. The summed E-state index contributed by atoms with van der Waals surface area (Å²) in [5.41, 5.74) is 4.07. The zero-order chi connectivity index (χ0) is 16.4. The number of likely N-dealkylation sites (tertiary alicyclic amines) is 1. The van der Waals surface area contributed by atoms with Crippen LogP contribution in [0.4, 0.5) is 0 Å². The number of nitrogens with zero attached hydrogens (tertiary/aromatic N) is 4. The molecule has 0 radical (unpaired) electrons. The highest BCUT2D eigenvalue weighted by Gasteiger charge is 2.30. The van der Waals surface area contributed by atoms with Crippen molar-refractivity contribution in [2.45, 2.75) is 50.6 Å². The van der Waals surface area contributed by atoms with Crippen LogP contribution in [0.1, 0.15) is 42.1 Å². The van der Waals surface area contributed by atoms with Crippen LogP contribution in [-0.4, -0.2) is 50.7 Å². The Kier molecular flexibility index (Phi) is 4.63. The molecule has 4 rings (SSSR count). The van der Waals surface area contributed by atoms with Gasteiger partial charge < -0.3 is 5.11 Å². The molecular formula is C19H26N4O. The van der Waals surface area contributed by atoms with Gasteiger partial charge in [0, 0.05) is 31.9 Å². The van der Waals surface area contributed by atoms with E-state index >= 15 is 0 Å². The number of aliphatic hydroxyl groups is 1. The molecule has 0 spiro atoms. The summed E-state index contributed by atoms with van der Waals surface area (Å²) in [6.45, 7) is 2.51. The molecule has 1 saturated heterocycles. The maximum Gasteiger partial charge on any atom is 0.0828 e. The minimum absolute atomic E-state index is 0.217. The second kappa shape index (κ2) is 7.03. The summed E-state index contributed by atoms with van der Waals surface area (Å²) in [4.78, 5) is 2.67. The number of hydrogen-bond acceptors (Lipinski definition) is 4. The molecule has 1 N–H and O–H groups in total. The van der Waals surface area contributed by atoms with Gasteiger partial charge in [-0.15, -0.1) is 5.10 Å². The van der Waals surface area contributed by atoms with Crippen LogP contribution < -0.4 is 0 Å². The Hall–Kier alpha value is -1.72. The summed E-state index contributed by atoms with van der Waals surface area (Å²) in [6.07, 6.45) is 8.35. The first-order valence-corrected chi connectivity index (χ1v) is 9.16. The fourth-order valence-electron chi connectivity index (χ4n) is 4.18. The number of benzene rings is 1. The van der Waals surface area contributed by atoms with E-state index in [1.165, 1.54) is 24.0 Å². The van der Waals surface area contributed by atoms with Crippen molar-refractivity contribution in [3.05, 3.63) is 47.3 Å². The quantitative estimate of drug-likeness (QED) is 0.913. The smallest absolute Gasteiger partial charge is 0.0828 e. The fourth-order valence-corrected chi connectivity index (χ4v) is 4.18. The van der Waals surface area contributed by atoms with Crippen LogP contribution in [0, 0.1) is 0 Å². The molecule has 0 atom stereocenters. The molecule has 0 bridgehead atoms. The Morgan fingerprint density at radius 2 is 1.75 bits per heavy atom. The molecule has 2 heterocycles. The number of fused-ring (bicyclic) bond motifs is 1. The SMILES string of the molecule is OCCCc1cn(C2CCN(C3Cc4ccccc4C3)CC2)nn1. The highest BCUT2D eigenvalue weighted by atomic mass is 16.2. The lowest BCUT2D eigenvalue weighted by Gasteiger charge is -2.35. The van der Waals surface area contributed by atoms with Gasteiger partial charge in [-0.2, -0.15) is 0 Å². The molecule has 1 aromatic carbocycles. The van der Waals surface area contributed by atoms with Crippen molar-refractivity contribution >= 4 is 0 Å². The van der Waals surface area contributed by atoms with Gasteiger partial charge in [0.1, 0.15) is 0 Å². The van der Waals surface area contributed by atoms with Crippen molar-refractivity contribution in [1.29, 1.82) is 0 Å². The zero-order valence-electron chi connectivity index (χ0n) is 14.1. The molecule has 24 heavy (non-hydrogen) atoms. The molecule has 2 aromatic rings. The molecule has 128 valence electrons. The van der Waals surface area contributed by atoms with Crippen LogP contribution in [0.3, 0.4) is 0 Å². The second-order valence-corrected chi connectivity index (χ2v) is 7.11. The first kappa shape index (κ1) is 15.8. The molecule has 5 heteroatoms. The van der Waals surface area contributed by atoms with E-state index in [4.69, 9.17) is 5.11 Å². The topological polar surface area (TPSA) is 54.2 Å². The number of rotatable bonds is 5. The van der Waals surface area contributed by atoms with E-state index in [2.05, 4.69) is 45.7 Å². The Bertz CT molecular complexity index is 651. The van der Waals surface area contributed by atoms with Crippen molar-refractivity contribution in [3.63, 3.8) is 0 Å². The number of aryl methyl sites for hydroxylation is 1. The molecular weight excluding hydrogens is 300 g/mol. The Balaban J connectivity index is 1.32. The Labute approximate surface area is 143 Å². The molecule has 5 nitrogen and oxygen atoms in total. The standard InChI is InChI=1S/C19H26N4O/c24-11-3-6-17-14-23(21-20-17)18-7-9-22(10-8-18)19-12-15-4-1-2-5-16(15)13-19/h1-2,4-5,14,18-19,24H,3,6-13H2. The molecule has 0 saturated carbocycles. The van der Waals surface area contributed by atoms with Crippen molar-refractivity contribution in [2.24, 2.45) is 0 Å². The van der Waals surface area contributed by atoms with Crippen molar-refractivity contribution < 1.29 is 5.11 Å². The van der Waals surface area contributed by atoms with Crippen LogP contribution in [0.15, 0.2) is 30.5 Å².